The lowest BCUT2D eigenvalue weighted by Gasteiger charge is -2.11. The van der Waals surface area contributed by atoms with E-state index in [9.17, 15) is 18.0 Å². The number of carbonyl (C=O) groups excluding carboxylic acids is 1. The van der Waals surface area contributed by atoms with Crippen molar-refractivity contribution in [1.82, 2.24) is 15.0 Å². The van der Waals surface area contributed by atoms with Crippen LogP contribution in [0.2, 0.25) is 0 Å². The third-order valence-corrected chi connectivity index (χ3v) is 4.83. The number of aromatic nitrogens is 1. The fraction of sp³-hybridized carbons (Fsp3) is 0.250. The van der Waals surface area contributed by atoms with Gasteiger partial charge in [0.2, 0.25) is 10.0 Å². The molecule has 128 valence electrons. The summed E-state index contributed by atoms with van der Waals surface area (Å²) in [5.41, 5.74) is 1.48. The highest BCUT2D eigenvalue weighted by molar-refractivity contribution is 7.88. The zero-order valence-corrected chi connectivity index (χ0v) is 14.2. The normalized spacial score (nSPS) is 11.2. The SMILES string of the molecule is CNS(=O)(=O)Cc1ccccc1CNC(=O)c1ccc(C)[nH]c1=O. The van der Waals surface area contributed by atoms with Crippen LogP contribution in [0.4, 0.5) is 0 Å². The van der Waals surface area contributed by atoms with E-state index in [4.69, 9.17) is 0 Å². The molecule has 0 unspecified atom stereocenters. The maximum absolute atomic E-state index is 12.1. The average Bonchev–Trinajstić information content (AvgIpc) is 2.53. The molecular weight excluding hydrogens is 330 g/mol. The minimum atomic E-state index is -3.41. The van der Waals surface area contributed by atoms with Gasteiger partial charge in [-0.25, -0.2) is 13.1 Å². The third kappa shape index (κ3) is 4.53. The van der Waals surface area contributed by atoms with E-state index in [1.165, 1.54) is 13.1 Å². The zero-order chi connectivity index (χ0) is 17.7. The minimum Gasteiger partial charge on any atom is -0.348 e. The Morgan fingerprint density at radius 3 is 2.42 bits per heavy atom. The summed E-state index contributed by atoms with van der Waals surface area (Å²) in [5, 5.41) is 2.65. The molecule has 0 atom stereocenters. The average molecular weight is 349 g/mol. The van der Waals surface area contributed by atoms with Gasteiger partial charge in [0, 0.05) is 12.2 Å². The second-order valence-corrected chi connectivity index (χ2v) is 7.23. The second-order valence-electron chi connectivity index (χ2n) is 5.30. The van der Waals surface area contributed by atoms with Crippen LogP contribution in [0, 0.1) is 6.92 Å². The van der Waals surface area contributed by atoms with Crippen molar-refractivity contribution in [2.75, 3.05) is 7.05 Å². The number of H-pyrrole nitrogens is 1. The van der Waals surface area contributed by atoms with Gasteiger partial charge in [0.15, 0.2) is 0 Å². The van der Waals surface area contributed by atoms with E-state index in [1.807, 2.05) is 0 Å². The van der Waals surface area contributed by atoms with Crippen LogP contribution in [-0.4, -0.2) is 26.4 Å². The van der Waals surface area contributed by atoms with E-state index in [-0.39, 0.29) is 17.9 Å². The number of benzene rings is 1. The Balaban J connectivity index is 2.15. The first-order valence-electron chi connectivity index (χ1n) is 7.28. The summed E-state index contributed by atoms with van der Waals surface area (Å²) in [6.45, 7) is 1.85. The number of hydrogen-bond donors (Lipinski definition) is 3. The lowest BCUT2D eigenvalue weighted by molar-refractivity contribution is 0.0949. The molecule has 7 nitrogen and oxygen atoms in total. The molecule has 0 aliphatic heterocycles. The number of pyridine rings is 1. The first kappa shape index (κ1) is 17.9. The number of carbonyl (C=O) groups is 1. The summed E-state index contributed by atoms with van der Waals surface area (Å²) in [4.78, 5) is 26.5. The van der Waals surface area contributed by atoms with Gasteiger partial charge in [0.05, 0.1) is 5.75 Å². The van der Waals surface area contributed by atoms with Crippen LogP contribution in [0.5, 0.6) is 0 Å². The number of sulfonamides is 1. The molecule has 1 aromatic heterocycles. The summed E-state index contributed by atoms with van der Waals surface area (Å²) in [6.07, 6.45) is 0. The van der Waals surface area contributed by atoms with Gasteiger partial charge in [0.1, 0.15) is 5.56 Å². The summed E-state index contributed by atoms with van der Waals surface area (Å²) >= 11 is 0. The molecule has 0 aliphatic carbocycles. The molecule has 0 saturated heterocycles. The lowest BCUT2D eigenvalue weighted by Crippen LogP contribution is -2.30. The summed E-state index contributed by atoms with van der Waals surface area (Å²) in [7, 11) is -2.06. The number of aryl methyl sites for hydroxylation is 1. The first-order chi connectivity index (χ1) is 11.3. The molecular formula is C16H19N3O4S. The summed E-state index contributed by atoms with van der Waals surface area (Å²) in [5.74, 6) is -0.691. The number of amides is 1. The highest BCUT2D eigenvalue weighted by Gasteiger charge is 2.14. The number of rotatable bonds is 6. The molecule has 1 heterocycles. The van der Waals surface area contributed by atoms with Crippen molar-refractivity contribution in [2.45, 2.75) is 19.2 Å². The Bertz CT molecular complexity index is 904. The smallest absolute Gasteiger partial charge is 0.260 e. The van der Waals surface area contributed by atoms with Crippen LogP contribution >= 0.6 is 0 Å². The fourth-order valence-corrected chi connectivity index (χ4v) is 3.00. The van der Waals surface area contributed by atoms with E-state index in [1.54, 1.807) is 37.3 Å². The zero-order valence-electron chi connectivity index (χ0n) is 13.4. The number of hydrogen-bond acceptors (Lipinski definition) is 4. The van der Waals surface area contributed by atoms with Crippen LogP contribution in [0.25, 0.3) is 0 Å². The molecule has 24 heavy (non-hydrogen) atoms. The van der Waals surface area contributed by atoms with E-state index in [2.05, 4.69) is 15.0 Å². The second kappa shape index (κ2) is 7.41. The maximum Gasteiger partial charge on any atom is 0.260 e. The molecule has 0 fully saturated rings. The fourth-order valence-electron chi connectivity index (χ4n) is 2.17. The van der Waals surface area contributed by atoms with Crippen molar-refractivity contribution in [1.29, 1.82) is 0 Å². The van der Waals surface area contributed by atoms with Crippen molar-refractivity contribution >= 4 is 15.9 Å². The molecule has 3 N–H and O–H groups in total. The van der Waals surface area contributed by atoms with Crippen molar-refractivity contribution in [3.63, 3.8) is 0 Å². The van der Waals surface area contributed by atoms with Gasteiger partial charge in [-0.3, -0.25) is 9.59 Å². The molecule has 2 rings (SSSR count). The van der Waals surface area contributed by atoms with Crippen LogP contribution in [0.1, 0.15) is 27.2 Å². The van der Waals surface area contributed by atoms with Gasteiger partial charge in [-0.1, -0.05) is 24.3 Å². The highest BCUT2D eigenvalue weighted by atomic mass is 32.2. The predicted molar refractivity (Wildman–Crippen MR) is 91.1 cm³/mol. The van der Waals surface area contributed by atoms with Gasteiger partial charge in [0.25, 0.3) is 11.5 Å². The van der Waals surface area contributed by atoms with Crippen LogP contribution in [-0.2, 0) is 22.3 Å². The summed E-state index contributed by atoms with van der Waals surface area (Å²) in [6, 6.07) is 10.0. The van der Waals surface area contributed by atoms with Gasteiger partial charge < -0.3 is 10.3 Å². The van der Waals surface area contributed by atoms with E-state index < -0.39 is 21.5 Å². The molecule has 0 radical (unpaired) electrons. The number of nitrogens with one attached hydrogen (secondary N) is 3. The Kier molecular flexibility index (Phi) is 5.53. The Morgan fingerprint density at radius 2 is 1.79 bits per heavy atom. The lowest BCUT2D eigenvalue weighted by atomic mass is 10.1. The Labute approximate surface area is 140 Å². The van der Waals surface area contributed by atoms with Crippen LogP contribution in [0.15, 0.2) is 41.2 Å². The molecule has 2 aromatic rings. The third-order valence-electron chi connectivity index (χ3n) is 3.51. The van der Waals surface area contributed by atoms with Crippen molar-refractivity contribution in [3.05, 3.63) is 69.1 Å². The van der Waals surface area contributed by atoms with Crippen LogP contribution in [0.3, 0.4) is 0 Å². The maximum atomic E-state index is 12.1. The molecule has 0 aliphatic rings. The van der Waals surface area contributed by atoms with Crippen molar-refractivity contribution < 1.29 is 13.2 Å². The molecule has 0 spiro atoms. The van der Waals surface area contributed by atoms with E-state index in [0.717, 1.165) is 0 Å². The minimum absolute atomic E-state index is 0.0147. The van der Waals surface area contributed by atoms with E-state index in [0.29, 0.717) is 16.8 Å². The molecule has 1 aromatic carbocycles. The van der Waals surface area contributed by atoms with Gasteiger partial charge >= 0.3 is 0 Å². The van der Waals surface area contributed by atoms with Gasteiger partial charge in [-0.2, -0.15) is 0 Å². The van der Waals surface area contributed by atoms with E-state index >= 15 is 0 Å². The Hall–Kier alpha value is -2.45. The largest absolute Gasteiger partial charge is 0.348 e. The van der Waals surface area contributed by atoms with Crippen molar-refractivity contribution in [2.24, 2.45) is 0 Å². The Morgan fingerprint density at radius 1 is 1.12 bits per heavy atom. The van der Waals surface area contributed by atoms with Crippen LogP contribution < -0.4 is 15.6 Å². The van der Waals surface area contributed by atoms with Gasteiger partial charge in [-0.15, -0.1) is 0 Å². The monoisotopic (exact) mass is 349 g/mol. The van der Waals surface area contributed by atoms with Crippen molar-refractivity contribution in [3.8, 4) is 0 Å². The highest BCUT2D eigenvalue weighted by Crippen LogP contribution is 2.12. The number of aromatic amines is 1. The first-order valence-corrected chi connectivity index (χ1v) is 8.94. The molecule has 8 heteroatoms. The standard InChI is InChI=1S/C16H19N3O4S/c1-11-7-8-14(16(21)19-11)15(20)18-9-12-5-3-4-6-13(12)10-24(22,23)17-2/h3-8,17H,9-10H2,1-2H3,(H,18,20)(H,19,21). The topological polar surface area (TPSA) is 108 Å². The molecule has 1 amide bonds. The summed E-state index contributed by atoms with van der Waals surface area (Å²) < 4.78 is 25.7. The quantitative estimate of drug-likeness (QED) is 0.712. The molecule has 0 saturated carbocycles. The van der Waals surface area contributed by atoms with Gasteiger partial charge in [-0.05, 0) is 37.2 Å². The predicted octanol–water partition coefficient (Wildman–Crippen LogP) is 0.663. The molecule has 0 bridgehead atoms.